The van der Waals surface area contributed by atoms with Gasteiger partial charge in [0, 0.05) is 12.0 Å². The number of sulfonamides is 1. The summed E-state index contributed by atoms with van der Waals surface area (Å²) in [7, 11) is -1.69. The van der Waals surface area contributed by atoms with Gasteiger partial charge in [0.25, 0.3) is 5.82 Å². The Morgan fingerprint density at radius 1 is 1.44 bits per heavy atom. The number of likely N-dealkylation sites (N-methyl/N-ethyl adjacent to an activating group) is 1. The molecule has 4 unspecified atom stereocenters. The Labute approximate surface area is 159 Å². The van der Waals surface area contributed by atoms with Gasteiger partial charge in [0.2, 0.25) is 15.9 Å². The van der Waals surface area contributed by atoms with Gasteiger partial charge in [-0.05, 0) is 33.0 Å². The zero-order chi connectivity index (χ0) is 19.9. The van der Waals surface area contributed by atoms with E-state index >= 15 is 0 Å². The van der Waals surface area contributed by atoms with Crippen LogP contribution < -0.4 is 24.8 Å². The molecule has 0 saturated carbocycles. The molecule has 0 saturated heterocycles. The minimum atomic E-state index is -3.37. The van der Waals surface area contributed by atoms with E-state index in [2.05, 4.69) is 15.4 Å². The molecule has 0 aromatic carbocycles. The summed E-state index contributed by atoms with van der Waals surface area (Å²) in [6, 6.07) is 2.12. The number of carbonyl (C=O) groups excluding carboxylic acids is 2. The highest BCUT2D eigenvalue weighted by atomic mass is 32.2. The third-order valence-corrected chi connectivity index (χ3v) is 5.95. The van der Waals surface area contributed by atoms with Crippen molar-refractivity contribution in [3.05, 3.63) is 23.9 Å². The third kappa shape index (κ3) is 3.69. The first-order valence-electron chi connectivity index (χ1n) is 8.92. The smallest absolute Gasteiger partial charge is 0.336 e. The van der Waals surface area contributed by atoms with E-state index in [0.717, 1.165) is 17.6 Å². The molecule has 27 heavy (non-hydrogen) atoms. The number of hydrogen-bond donors (Lipinski definition) is 3. The van der Waals surface area contributed by atoms with Crippen molar-refractivity contribution in [2.75, 3.05) is 24.7 Å². The van der Waals surface area contributed by atoms with Crippen LogP contribution in [0.4, 0.5) is 5.82 Å². The SMILES string of the molecule is CNC(C)C(=O)NC1C(=O)N2c3c(ccc[n+]3C1C)CC2CNS(C)(=O)=O. The molecular formula is C17H26N5O4S+. The molecule has 10 heteroatoms. The number of amides is 2. The molecule has 2 amide bonds. The summed E-state index contributed by atoms with van der Waals surface area (Å²) in [5.41, 5.74) is 0.992. The molecular weight excluding hydrogens is 370 g/mol. The molecule has 0 radical (unpaired) electrons. The standard InChI is InChI=1S/C17H25N5O4S/c1-10(18-3)15(23)20-14-11(2)21-7-5-6-12-8-13(9-19-27(4,25)26)22(16(12)21)17(14)24/h5-7,10-11,13-14,18-19H,8-9H2,1-4H3/p+1. The van der Waals surface area contributed by atoms with Crippen LogP contribution in [0.1, 0.15) is 25.5 Å². The van der Waals surface area contributed by atoms with Gasteiger partial charge in [0.1, 0.15) is 12.1 Å². The van der Waals surface area contributed by atoms with E-state index in [9.17, 15) is 18.0 Å². The third-order valence-electron chi connectivity index (χ3n) is 5.25. The maximum atomic E-state index is 13.2. The van der Waals surface area contributed by atoms with E-state index in [1.165, 1.54) is 0 Å². The highest BCUT2D eigenvalue weighted by Crippen LogP contribution is 2.34. The lowest BCUT2D eigenvalue weighted by molar-refractivity contribution is -0.710. The number of rotatable bonds is 6. The quantitative estimate of drug-likeness (QED) is 0.504. The van der Waals surface area contributed by atoms with E-state index in [4.69, 9.17) is 0 Å². The van der Waals surface area contributed by atoms with Crippen LogP contribution in [0.25, 0.3) is 0 Å². The Hall–Kier alpha value is -2.04. The summed E-state index contributed by atoms with van der Waals surface area (Å²) in [6.45, 7) is 3.75. The molecule has 0 spiro atoms. The first kappa shape index (κ1) is 19.7. The molecule has 0 bridgehead atoms. The van der Waals surface area contributed by atoms with Crippen molar-refractivity contribution < 1.29 is 22.6 Å². The summed E-state index contributed by atoms with van der Waals surface area (Å²) in [5, 5.41) is 5.70. The fourth-order valence-electron chi connectivity index (χ4n) is 3.65. The minimum absolute atomic E-state index is 0.126. The molecule has 3 heterocycles. The summed E-state index contributed by atoms with van der Waals surface area (Å²) < 4.78 is 27.5. The molecule has 4 atom stereocenters. The lowest BCUT2D eigenvalue weighted by Gasteiger charge is -2.33. The van der Waals surface area contributed by atoms with Crippen LogP contribution >= 0.6 is 0 Å². The molecule has 9 nitrogen and oxygen atoms in total. The van der Waals surface area contributed by atoms with Gasteiger partial charge in [-0.15, -0.1) is 0 Å². The predicted octanol–water partition coefficient (Wildman–Crippen LogP) is -1.55. The van der Waals surface area contributed by atoms with Gasteiger partial charge < -0.3 is 10.6 Å². The minimum Gasteiger partial charge on any atom is -0.337 e. The monoisotopic (exact) mass is 396 g/mol. The molecule has 148 valence electrons. The maximum Gasteiger partial charge on any atom is 0.336 e. The van der Waals surface area contributed by atoms with E-state index < -0.39 is 22.1 Å². The van der Waals surface area contributed by atoms with Crippen molar-refractivity contribution in [2.24, 2.45) is 0 Å². The first-order chi connectivity index (χ1) is 12.6. The van der Waals surface area contributed by atoms with Crippen LogP contribution in [0, 0.1) is 0 Å². The average molecular weight is 396 g/mol. The zero-order valence-corrected chi connectivity index (χ0v) is 16.7. The number of nitrogens with one attached hydrogen (secondary N) is 3. The summed E-state index contributed by atoms with van der Waals surface area (Å²) in [4.78, 5) is 27.2. The molecule has 0 fully saturated rings. The summed E-state index contributed by atoms with van der Waals surface area (Å²) >= 11 is 0. The fraction of sp³-hybridized carbons (Fsp3) is 0.588. The highest BCUT2D eigenvalue weighted by molar-refractivity contribution is 7.88. The largest absolute Gasteiger partial charge is 0.337 e. The second-order valence-corrected chi connectivity index (χ2v) is 9.02. The number of aromatic nitrogens is 1. The van der Waals surface area contributed by atoms with Crippen molar-refractivity contribution in [1.29, 1.82) is 0 Å². The van der Waals surface area contributed by atoms with Crippen molar-refractivity contribution in [2.45, 2.75) is 44.4 Å². The zero-order valence-electron chi connectivity index (χ0n) is 15.9. The summed E-state index contributed by atoms with van der Waals surface area (Å²) in [5.74, 6) is 0.305. The number of hydrogen-bond acceptors (Lipinski definition) is 5. The molecule has 2 aliphatic heterocycles. The predicted molar refractivity (Wildman–Crippen MR) is 99.6 cm³/mol. The maximum absolute atomic E-state index is 13.2. The van der Waals surface area contributed by atoms with Crippen molar-refractivity contribution in [3.8, 4) is 0 Å². The lowest BCUT2D eigenvalue weighted by Crippen LogP contribution is -2.67. The topological polar surface area (TPSA) is 111 Å². The Morgan fingerprint density at radius 2 is 2.15 bits per heavy atom. The Morgan fingerprint density at radius 3 is 2.78 bits per heavy atom. The Balaban J connectivity index is 1.93. The Bertz CT molecular complexity index is 872. The summed E-state index contributed by atoms with van der Waals surface area (Å²) in [6.07, 6.45) is 3.54. The van der Waals surface area contributed by atoms with Gasteiger partial charge in [-0.25, -0.2) is 22.5 Å². The van der Waals surface area contributed by atoms with Crippen LogP contribution in [0.15, 0.2) is 18.3 Å². The van der Waals surface area contributed by atoms with Gasteiger partial charge >= 0.3 is 5.91 Å². The van der Waals surface area contributed by atoms with E-state index in [1.807, 2.05) is 29.8 Å². The first-order valence-corrected chi connectivity index (χ1v) is 10.8. The average Bonchev–Trinajstić information content (AvgIpc) is 2.99. The lowest BCUT2D eigenvalue weighted by atomic mass is 10.0. The molecule has 1 aromatic heterocycles. The second kappa shape index (κ2) is 7.17. The van der Waals surface area contributed by atoms with Crippen LogP contribution in [-0.4, -0.2) is 58.2 Å². The molecule has 2 aliphatic rings. The van der Waals surface area contributed by atoms with E-state index in [0.29, 0.717) is 6.42 Å². The van der Waals surface area contributed by atoms with Crippen LogP contribution in [0.5, 0.6) is 0 Å². The number of nitrogens with zero attached hydrogens (tertiary/aromatic N) is 2. The van der Waals surface area contributed by atoms with Crippen LogP contribution in [-0.2, 0) is 26.0 Å². The fourth-order valence-corrected chi connectivity index (χ4v) is 4.15. The normalized spacial score (nSPS) is 25.3. The Kier molecular flexibility index (Phi) is 5.24. The van der Waals surface area contributed by atoms with Crippen LogP contribution in [0.2, 0.25) is 0 Å². The molecule has 1 aromatic rings. The molecule has 0 aliphatic carbocycles. The number of pyridine rings is 1. The number of anilines is 1. The van der Waals surface area contributed by atoms with Crippen molar-refractivity contribution in [3.63, 3.8) is 0 Å². The van der Waals surface area contributed by atoms with Crippen molar-refractivity contribution >= 4 is 27.7 Å². The van der Waals surface area contributed by atoms with Crippen molar-refractivity contribution in [1.82, 2.24) is 15.4 Å². The van der Waals surface area contributed by atoms with Crippen LogP contribution in [0.3, 0.4) is 0 Å². The van der Waals surface area contributed by atoms with Gasteiger partial charge in [0.15, 0.2) is 6.04 Å². The number of carbonyl (C=O) groups is 2. The van der Waals surface area contributed by atoms with E-state index in [1.54, 1.807) is 18.9 Å². The van der Waals surface area contributed by atoms with Gasteiger partial charge in [-0.1, -0.05) is 0 Å². The molecule has 3 N–H and O–H groups in total. The van der Waals surface area contributed by atoms with Gasteiger partial charge in [-0.3, -0.25) is 4.79 Å². The second-order valence-electron chi connectivity index (χ2n) is 7.19. The highest BCUT2D eigenvalue weighted by Gasteiger charge is 2.53. The van der Waals surface area contributed by atoms with E-state index in [-0.39, 0.29) is 30.4 Å². The van der Waals surface area contributed by atoms with Gasteiger partial charge in [0.05, 0.1) is 25.0 Å². The van der Waals surface area contributed by atoms with Gasteiger partial charge in [-0.2, -0.15) is 4.90 Å². The molecule has 3 rings (SSSR count).